The maximum absolute atomic E-state index is 12.5. The molecule has 3 aromatic carbocycles. The van der Waals surface area contributed by atoms with Gasteiger partial charge in [0.25, 0.3) is 11.6 Å². The van der Waals surface area contributed by atoms with E-state index in [1.807, 2.05) is 12.1 Å². The molecule has 3 N–H and O–H groups in total. The molecule has 2 unspecified atom stereocenters. The molecule has 1 amide bonds. The van der Waals surface area contributed by atoms with E-state index in [1.165, 1.54) is 17.5 Å². The fourth-order valence-corrected chi connectivity index (χ4v) is 3.48. The average Bonchev–Trinajstić information content (AvgIpc) is 3.27. The van der Waals surface area contributed by atoms with Gasteiger partial charge in [0.05, 0.1) is 10.6 Å². The van der Waals surface area contributed by atoms with Gasteiger partial charge >= 0.3 is 0 Å². The minimum Gasteiger partial charge on any atom is -0.271 e. The number of carbonyl (C=O) groups excluding carboxylic acids is 1. The van der Waals surface area contributed by atoms with Crippen LogP contribution in [0.3, 0.4) is 0 Å². The second-order valence-electron chi connectivity index (χ2n) is 7.21. The van der Waals surface area contributed by atoms with Crippen molar-refractivity contribution in [2.45, 2.75) is 25.4 Å². The highest BCUT2D eigenvalue weighted by Crippen LogP contribution is 2.25. The van der Waals surface area contributed by atoms with Crippen molar-refractivity contribution < 1.29 is 9.72 Å². The Morgan fingerprint density at radius 3 is 2.53 bits per heavy atom. The molecule has 1 aliphatic rings. The molecular weight excluding hydrogens is 382 g/mol. The highest BCUT2D eigenvalue weighted by atomic mass is 16.6. The number of nitro benzene ring substituents is 1. The van der Waals surface area contributed by atoms with Crippen LogP contribution in [0.1, 0.15) is 30.5 Å². The molecule has 0 bridgehead atoms. The Morgan fingerprint density at radius 2 is 1.80 bits per heavy atom. The smallest absolute Gasteiger partial charge is 0.269 e. The zero-order valence-corrected chi connectivity index (χ0v) is 16.3. The molecular formula is C22H21N5O3. The summed E-state index contributed by atoms with van der Waals surface area (Å²) in [5, 5.41) is 17.2. The summed E-state index contributed by atoms with van der Waals surface area (Å²) in [5.74, 6) is -0.243. The minimum absolute atomic E-state index is 0.0107. The highest BCUT2D eigenvalue weighted by molar-refractivity contribution is 5.99. The number of nitrogens with zero attached hydrogens (tertiary/aromatic N) is 2. The van der Waals surface area contributed by atoms with Crippen LogP contribution in [-0.2, 0) is 4.79 Å². The fourth-order valence-electron chi connectivity index (χ4n) is 3.48. The molecule has 152 valence electrons. The number of benzene rings is 3. The number of hydrazone groups is 1. The Kier molecular flexibility index (Phi) is 5.51. The number of non-ortho nitro benzene ring substituents is 1. The number of hydrogen-bond donors (Lipinski definition) is 3. The summed E-state index contributed by atoms with van der Waals surface area (Å²) in [5.41, 5.74) is 11.2. The summed E-state index contributed by atoms with van der Waals surface area (Å²) < 4.78 is 0. The fraction of sp³-hybridized carbons (Fsp3) is 0.182. The second-order valence-corrected chi connectivity index (χ2v) is 7.21. The third kappa shape index (κ3) is 4.19. The highest BCUT2D eigenvalue weighted by Gasteiger charge is 2.30. The van der Waals surface area contributed by atoms with Crippen LogP contribution >= 0.6 is 0 Å². The monoisotopic (exact) mass is 403 g/mol. The van der Waals surface area contributed by atoms with Gasteiger partial charge in [-0.1, -0.05) is 36.4 Å². The first-order chi connectivity index (χ1) is 14.5. The molecule has 0 aromatic heterocycles. The quantitative estimate of drug-likeness (QED) is 0.344. The first kappa shape index (κ1) is 19.7. The number of carbonyl (C=O) groups is 1. The topological polar surface area (TPSA) is 109 Å². The van der Waals surface area contributed by atoms with Gasteiger partial charge in [-0.3, -0.25) is 14.9 Å². The van der Waals surface area contributed by atoms with Crippen molar-refractivity contribution in [3.63, 3.8) is 0 Å². The zero-order chi connectivity index (χ0) is 21.1. The largest absolute Gasteiger partial charge is 0.271 e. The molecule has 1 saturated heterocycles. The van der Waals surface area contributed by atoms with Crippen LogP contribution in [0, 0.1) is 10.1 Å². The van der Waals surface area contributed by atoms with E-state index >= 15 is 0 Å². The standard InChI is InChI=1S/C22H21N5O3/c1-14(15-8-10-19(11-9-15)27(29)30)23-26-22(28)21-13-20(24-25-21)18-7-6-16-4-2-3-5-17(16)12-18/h2-12,20-21,24-25H,13H2,1H3,(H,26,28)/b23-14-. The van der Waals surface area contributed by atoms with Crippen molar-refractivity contribution in [1.82, 2.24) is 16.3 Å². The Bertz CT molecular complexity index is 1130. The molecule has 0 radical (unpaired) electrons. The molecule has 8 heteroatoms. The minimum atomic E-state index is -0.456. The van der Waals surface area contributed by atoms with E-state index in [0.29, 0.717) is 17.7 Å². The molecule has 0 spiro atoms. The van der Waals surface area contributed by atoms with E-state index in [0.717, 1.165) is 10.9 Å². The van der Waals surface area contributed by atoms with E-state index in [2.05, 4.69) is 51.7 Å². The third-order valence-corrected chi connectivity index (χ3v) is 5.23. The van der Waals surface area contributed by atoms with Crippen LogP contribution in [0.4, 0.5) is 5.69 Å². The lowest BCUT2D eigenvalue weighted by molar-refractivity contribution is -0.384. The van der Waals surface area contributed by atoms with Gasteiger partial charge in [-0.15, -0.1) is 0 Å². The maximum atomic E-state index is 12.5. The van der Waals surface area contributed by atoms with E-state index in [4.69, 9.17) is 0 Å². The van der Waals surface area contributed by atoms with E-state index < -0.39 is 11.0 Å². The number of hydrogen-bond acceptors (Lipinski definition) is 6. The number of fused-ring (bicyclic) bond motifs is 1. The zero-order valence-electron chi connectivity index (χ0n) is 16.3. The number of rotatable bonds is 5. The van der Waals surface area contributed by atoms with Crippen molar-refractivity contribution >= 4 is 28.1 Å². The van der Waals surface area contributed by atoms with Crippen molar-refractivity contribution in [3.05, 3.63) is 88.0 Å². The van der Waals surface area contributed by atoms with Crippen molar-refractivity contribution in [1.29, 1.82) is 0 Å². The molecule has 1 heterocycles. The molecule has 30 heavy (non-hydrogen) atoms. The lowest BCUT2D eigenvalue weighted by atomic mass is 9.99. The van der Waals surface area contributed by atoms with Gasteiger partial charge in [-0.05, 0) is 53.4 Å². The first-order valence-electron chi connectivity index (χ1n) is 9.60. The van der Waals surface area contributed by atoms with Crippen LogP contribution in [0.5, 0.6) is 0 Å². The van der Waals surface area contributed by atoms with Crippen molar-refractivity contribution in [2.75, 3.05) is 0 Å². The third-order valence-electron chi connectivity index (χ3n) is 5.23. The average molecular weight is 403 g/mol. The summed E-state index contributed by atoms with van der Waals surface area (Å²) in [6.07, 6.45) is 0.594. The SMILES string of the molecule is C/C(=N/NC(=O)C1CC(c2ccc3ccccc3c2)NN1)c1ccc([N+](=O)[O-])cc1. The normalized spacial score (nSPS) is 19.0. The molecule has 8 nitrogen and oxygen atoms in total. The number of amides is 1. The summed E-state index contributed by atoms with van der Waals surface area (Å²) in [4.78, 5) is 22.8. The van der Waals surface area contributed by atoms with Gasteiger partial charge in [-0.2, -0.15) is 5.10 Å². The van der Waals surface area contributed by atoms with E-state index in [-0.39, 0.29) is 17.6 Å². The van der Waals surface area contributed by atoms with E-state index in [1.54, 1.807) is 19.1 Å². The van der Waals surface area contributed by atoms with Crippen LogP contribution in [0.25, 0.3) is 10.8 Å². The van der Waals surface area contributed by atoms with E-state index in [9.17, 15) is 14.9 Å². The molecule has 3 aromatic rings. The number of nitrogens with one attached hydrogen (secondary N) is 3. The number of hydrazine groups is 1. The maximum Gasteiger partial charge on any atom is 0.269 e. The summed E-state index contributed by atoms with van der Waals surface area (Å²) in [7, 11) is 0. The van der Waals surface area contributed by atoms with Crippen LogP contribution in [-0.4, -0.2) is 22.6 Å². The Hall–Kier alpha value is -3.62. The van der Waals surface area contributed by atoms with Gasteiger partial charge in [0.15, 0.2) is 0 Å². The Balaban J connectivity index is 1.38. The van der Waals surface area contributed by atoms with Gasteiger partial charge in [0, 0.05) is 18.2 Å². The summed E-state index contributed by atoms with van der Waals surface area (Å²) >= 11 is 0. The molecule has 0 saturated carbocycles. The predicted molar refractivity (Wildman–Crippen MR) is 115 cm³/mol. The number of nitro groups is 1. The lowest BCUT2D eigenvalue weighted by Gasteiger charge is -2.11. The van der Waals surface area contributed by atoms with Gasteiger partial charge in [-0.25, -0.2) is 16.3 Å². The van der Waals surface area contributed by atoms with Crippen LogP contribution in [0.15, 0.2) is 71.8 Å². The van der Waals surface area contributed by atoms with Crippen molar-refractivity contribution in [3.8, 4) is 0 Å². The van der Waals surface area contributed by atoms with Crippen molar-refractivity contribution in [2.24, 2.45) is 5.10 Å². The summed E-state index contributed by atoms with van der Waals surface area (Å²) in [6.45, 7) is 1.74. The predicted octanol–water partition coefficient (Wildman–Crippen LogP) is 3.20. The first-order valence-corrected chi connectivity index (χ1v) is 9.60. The molecule has 0 aliphatic carbocycles. The van der Waals surface area contributed by atoms with Crippen LogP contribution < -0.4 is 16.3 Å². The van der Waals surface area contributed by atoms with Crippen LogP contribution in [0.2, 0.25) is 0 Å². The Morgan fingerprint density at radius 1 is 1.07 bits per heavy atom. The molecule has 4 rings (SSSR count). The van der Waals surface area contributed by atoms with Gasteiger partial charge in [0.1, 0.15) is 6.04 Å². The summed E-state index contributed by atoms with van der Waals surface area (Å²) in [6, 6.07) is 20.1. The van der Waals surface area contributed by atoms with Gasteiger partial charge in [0.2, 0.25) is 0 Å². The lowest BCUT2D eigenvalue weighted by Crippen LogP contribution is -2.41. The molecule has 2 atom stereocenters. The molecule has 1 aliphatic heterocycles. The molecule has 1 fully saturated rings. The Labute approximate surface area is 173 Å². The second kappa shape index (κ2) is 8.40. The van der Waals surface area contributed by atoms with Gasteiger partial charge < -0.3 is 0 Å².